The summed E-state index contributed by atoms with van der Waals surface area (Å²) in [4.78, 5) is 4.03. The summed E-state index contributed by atoms with van der Waals surface area (Å²) in [5.41, 5.74) is 1.14. The second-order valence-electron chi connectivity index (χ2n) is 3.96. The van der Waals surface area contributed by atoms with Gasteiger partial charge >= 0.3 is 0 Å². The van der Waals surface area contributed by atoms with Crippen molar-refractivity contribution in [1.82, 2.24) is 15.6 Å². The molecular formula is C13H23N3O2. The molecule has 1 rings (SSSR count). The van der Waals surface area contributed by atoms with E-state index in [0.717, 1.165) is 50.5 Å². The lowest BCUT2D eigenvalue weighted by molar-refractivity contribution is 0.199. The molecule has 0 amide bonds. The highest BCUT2D eigenvalue weighted by Gasteiger charge is 2.00. The van der Waals surface area contributed by atoms with E-state index in [1.807, 2.05) is 6.07 Å². The fourth-order valence-electron chi connectivity index (χ4n) is 1.60. The zero-order valence-electron chi connectivity index (χ0n) is 11.2. The van der Waals surface area contributed by atoms with Crippen molar-refractivity contribution >= 4 is 0 Å². The van der Waals surface area contributed by atoms with Crippen LogP contribution in [0.2, 0.25) is 0 Å². The third kappa shape index (κ3) is 5.95. The first-order valence-corrected chi connectivity index (χ1v) is 6.25. The number of nitrogens with one attached hydrogen (secondary N) is 2. The quantitative estimate of drug-likeness (QED) is 0.604. The second-order valence-corrected chi connectivity index (χ2v) is 3.96. The smallest absolute Gasteiger partial charge is 0.141 e. The van der Waals surface area contributed by atoms with E-state index in [1.165, 1.54) is 0 Å². The first kappa shape index (κ1) is 14.9. The Morgan fingerprint density at radius 2 is 2.00 bits per heavy atom. The maximum absolute atomic E-state index is 5.24. The third-order valence-electron chi connectivity index (χ3n) is 2.60. The number of pyridine rings is 1. The molecule has 1 aromatic rings. The second kappa shape index (κ2) is 9.82. The molecule has 0 aliphatic carbocycles. The van der Waals surface area contributed by atoms with E-state index < -0.39 is 0 Å². The van der Waals surface area contributed by atoms with Crippen LogP contribution in [0.4, 0.5) is 0 Å². The van der Waals surface area contributed by atoms with Crippen molar-refractivity contribution in [2.45, 2.75) is 13.0 Å². The highest BCUT2D eigenvalue weighted by Crippen LogP contribution is 2.14. The summed E-state index contributed by atoms with van der Waals surface area (Å²) in [7, 11) is 3.38. The molecule has 5 heteroatoms. The Kier molecular flexibility index (Phi) is 8.12. The lowest BCUT2D eigenvalue weighted by atomic mass is 10.2. The van der Waals surface area contributed by atoms with Crippen LogP contribution in [-0.2, 0) is 11.3 Å². The summed E-state index contributed by atoms with van der Waals surface area (Å²) in [5.74, 6) is 0.836. The number of methoxy groups -OCH3 is 2. The van der Waals surface area contributed by atoms with E-state index in [2.05, 4.69) is 15.6 Å². The number of hydrogen-bond acceptors (Lipinski definition) is 5. The monoisotopic (exact) mass is 253 g/mol. The molecule has 0 saturated carbocycles. The Balaban J connectivity index is 2.07. The van der Waals surface area contributed by atoms with Crippen LogP contribution in [0.1, 0.15) is 12.0 Å². The molecule has 0 aromatic carbocycles. The van der Waals surface area contributed by atoms with Gasteiger partial charge in [-0.1, -0.05) is 0 Å². The van der Waals surface area contributed by atoms with Crippen molar-refractivity contribution in [1.29, 1.82) is 0 Å². The zero-order chi connectivity index (χ0) is 13.1. The van der Waals surface area contributed by atoms with Crippen molar-refractivity contribution in [3.63, 3.8) is 0 Å². The lowest BCUT2D eigenvalue weighted by Crippen LogP contribution is -2.24. The van der Waals surface area contributed by atoms with E-state index in [-0.39, 0.29) is 0 Å². The molecule has 0 fully saturated rings. The van der Waals surface area contributed by atoms with Crippen LogP contribution in [-0.4, -0.2) is 45.4 Å². The lowest BCUT2D eigenvalue weighted by Gasteiger charge is -2.09. The fraction of sp³-hybridized carbons (Fsp3) is 0.615. The molecule has 5 nitrogen and oxygen atoms in total. The van der Waals surface area contributed by atoms with Crippen LogP contribution >= 0.6 is 0 Å². The number of aromatic nitrogens is 1. The molecule has 0 bridgehead atoms. The molecule has 0 saturated heterocycles. The summed E-state index contributed by atoms with van der Waals surface area (Å²) in [6, 6.07) is 1.97. The fourth-order valence-corrected chi connectivity index (χ4v) is 1.60. The Labute approximate surface area is 109 Å². The number of hydrogen-bond donors (Lipinski definition) is 2. The summed E-state index contributed by atoms with van der Waals surface area (Å²) < 4.78 is 10.2. The number of ether oxygens (including phenoxy) is 2. The Hall–Kier alpha value is -1.17. The predicted molar refractivity (Wildman–Crippen MR) is 71.9 cm³/mol. The molecule has 0 unspecified atom stereocenters. The molecule has 2 N–H and O–H groups in total. The van der Waals surface area contributed by atoms with Gasteiger partial charge in [0.2, 0.25) is 0 Å². The van der Waals surface area contributed by atoms with E-state index in [1.54, 1.807) is 26.6 Å². The molecule has 0 atom stereocenters. The standard InChI is InChI=1S/C13H23N3O2/c1-17-9-8-14-5-3-6-15-10-12-4-7-16-11-13(12)18-2/h4,7,11,14-15H,3,5-6,8-10H2,1-2H3. The van der Waals surface area contributed by atoms with Crippen molar-refractivity contribution in [2.75, 3.05) is 40.5 Å². The first-order valence-electron chi connectivity index (χ1n) is 6.25. The summed E-state index contributed by atoms with van der Waals surface area (Å²) in [5, 5.41) is 6.70. The number of rotatable bonds is 10. The van der Waals surface area contributed by atoms with Crippen LogP contribution in [0.5, 0.6) is 5.75 Å². The van der Waals surface area contributed by atoms with Crippen molar-refractivity contribution in [3.05, 3.63) is 24.0 Å². The predicted octanol–water partition coefficient (Wildman–Crippen LogP) is 0.806. The van der Waals surface area contributed by atoms with Gasteiger partial charge in [0.1, 0.15) is 5.75 Å². The van der Waals surface area contributed by atoms with Gasteiger partial charge in [-0.05, 0) is 25.6 Å². The minimum Gasteiger partial charge on any atom is -0.495 e. The van der Waals surface area contributed by atoms with Crippen molar-refractivity contribution in [2.24, 2.45) is 0 Å². The van der Waals surface area contributed by atoms with E-state index >= 15 is 0 Å². The van der Waals surface area contributed by atoms with Gasteiger partial charge in [0.25, 0.3) is 0 Å². The van der Waals surface area contributed by atoms with E-state index in [0.29, 0.717) is 0 Å². The number of nitrogens with zero attached hydrogens (tertiary/aromatic N) is 1. The Bertz CT molecular complexity index is 321. The normalized spacial score (nSPS) is 10.6. The van der Waals surface area contributed by atoms with Gasteiger partial charge < -0.3 is 20.1 Å². The van der Waals surface area contributed by atoms with Crippen LogP contribution in [0.3, 0.4) is 0 Å². The maximum Gasteiger partial charge on any atom is 0.141 e. The van der Waals surface area contributed by atoms with Crippen molar-refractivity contribution in [3.8, 4) is 5.75 Å². The van der Waals surface area contributed by atoms with E-state index in [4.69, 9.17) is 9.47 Å². The van der Waals surface area contributed by atoms with Crippen LogP contribution in [0, 0.1) is 0 Å². The van der Waals surface area contributed by atoms with Gasteiger partial charge in [0, 0.05) is 32.0 Å². The zero-order valence-corrected chi connectivity index (χ0v) is 11.2. The van der Waals surface area contributed by atoms with Crippen LogP contribution in [0.15, 0.2) is 18.5 Å². The average molecular weight is 253 g/mol. The average Bonchev–Trinajstić information content (AvgIpc) is 2.42. The van der Waals surface area contributed by atoms with Crippen LogP contribution < -0.4 is 15.4 Å². The van der Waals surface area contributed by atoms with Crippen LogP contribution in [0.25, 0.3) is 0 Å². The summed E-state index contributed by atoms with van der Waals surface area (Å²) >= 11 is 0. The van der Waals surface area contributed by atoms with Gasteiger partial charge in [-0.3, -0.25) is 4.98 Å². The van der Waals surface area contributed by atoms with Gasteiger partial charge in [-0.2, -0.15) is 0 Å². The largest absolute Gasteiger partial charge is 0.495 e. The molecule has 0 spiro atoms. The summed E-state index contributed by atoms with van der Waals surface area (Å²) in [6.45, 7) is 4.47. The molecule has 18 heavy (non-hydrogen) atoms. The molecule has 102 valence electrons. The molecular weight excluding hydrogens is 230 g/mol. The van der Waals surface area contributed by atoms with Gasteiger partial charge in [0.15, 0.2) is 0 Å². The molecule has 1 heterocycles. The van der Waals surface area contributed by atoms with Gasteiger partial charge in [0.05, 0.1) is 19.9 Å². The molecule has 1 aromatic heterocycles. The molecule has 0 aliphatic rings. The Morgan fingerprint density at radius 1 is 1.17 bits per heavy atom. The Morgan fingerprint density at radius 3 is 2.78 bits per heavy atom. The topological polar surface area (TPSA) is 55.4 Å². The summed E-state index contributed by atoms with van der Waals surface area (Å²) in [6.07, 6.45) is 4.62. The van der Waals surface area contributed by atoms with Gasteiger partial charge in [-0.15, -0.1) is 0 Å². The van der Waals surface area contributed by atoms with E-state index in [9.17, 15) is 0 Å². The van der Waals surface area contributed by atoms with Gasteiger partial charge in [-0.25, -0.2) is 0 Å². The first-order chi connectivity index (χ1) is 8.88. The minimum absolute atomic E-state index is 0.766. The molecule has 0 aliphatic heterocycles. The SMILES string of the molecule is COCCNCCCNCc1ccncc1OC. The minimum atomic E-state index is 0.766. The highest BCUT2D eigenvalue weighted by atomic mass is 16.5. The highest BCUT2D eigenvalue weighted by molar-refractivity contribution is 5.29. The molecule has 0 radical (unpaired) electrons. The third-order valence-corrected chi connectivity index (χ3v) is 2.60. The van der Waals surface area contributed by atoms with Crippen molar-refractivity contribution < 1.29 is 9.47 Å². The maximum atomic E-state index is 5.24.